The first-order valence-corrected chi connectivity index (χ1v) is 10.8. The summed E-state index contributed by atoms with van der Waals surface area (Å²) in [4.78, 5) is 20.6. The summed E-state index contributed by atoms with van der Waals surface area (Å²) in [5.74, 6) is 0.421. The van der Waals surface area contributed by atoms with E-state index in [2.05, 4.69) is 32.3 Å². The zero-order valence-corrected chi connectivity index (χ0v) is 18.8. The molecule has 0 bridgehead atoms. The van der Waals surface area contributed by atoms with Gasteiger partial charge in [0.2, 0.25) is 5.91 Å². The minimum atomic E-state index is -0.352. The Labute approximate surface area is 200 Å². The molecule has 0 aliphatic carbocycles. The van der Waals surface area contributed by atoms with Crippen molar-refractivity contribution in [1.29, 1.82) is 0 Å². The number of methoxy groups -OCH3 is 1. The minimum absolute atomic E-state index is 0.271. The Hall–Kier alpha value is -4.79. The van der Waals surface area contributed by atoms with E-state index >= 15 is 0 Å². The van der Waals surface area contributed by atoms with Crippen LogP contribution in [0, 0.1) is 5.82 Å². The number of anilines is 3. The summed E-state index contributed by atoms with van der Waals surface area (Å²) in [6.07, 6.45) is 4.42. The summed E-state index contributed by atoms with van der Waals surface area (Å²) in [7, 11) is 1.52. The number of hydrogen-bond acceptors (Lipinski definition) is 6. The largest absolute Gasteiger partial charge is 0.494 e. The van der Waals surface area contributed by atoms with Crippen molar-refractivity contribution < 1.29 is 13.9 Å². The molecule has 5 rings (SSSR count). The molecule has 0 saturated carbocycles. The first-order valence-electron chi connectivity index (χ1n) is 10.8. The Kier molecular flexibility index (Phi) is 5.80. The van der Waals surface area contributed by atoms with Crippen LogP contribution in [0.3, 0.4) is 0 Å². The molecule has 0 atom stereocenters. The summed E-state index contributed by atoms with van der Waals surface area (Å²) < 4.78 is 20.8. The SMILES string of the molecule is C=CC(=O)Nc1cc2c(Nc3ccc4c(cnn4Cc4cccc(F)c4)c3)ncnc2cc1OC. The number of fused-ring (bicyclic) bond motifs is 2. The van der Waals surface area contributed by atoms with E-state index in [-0.39, 0.29) is 11.7 Å². The lowest BCUT2D eigenvalue weighted by Crippen LogP contribution is -2.09. The summed E-state index contributed by atoms with van der Waals surface area (Å²) in [5, 5.41) is 12.2. The fraction of sp³-hybridized carbons (Fsp3) is 0.0769. The van der Waals surface area contributed by atoms with Crippen molar-refractivity contribution in [2.24, 2.45) is 0 Å². The van der Waals surface area contributed by atoms with Gasteiger partial charge in [0, 0.05) is 22.5 Å². The molecule has 0 unspecified atom stereocenters. The molecule has 0 aliphatic heterocycles. The van der Waals surface area contributed by atoms with Gasteiger partial charge in [-0.15, -0.1) is 0 Å². The Morgan fingerprint density at radius 1 is 1.17 bits per heavy atom. The maximum atomic E-state index is 13.5. The number of hydrogen-bond donors (Lipinski definition) is 2. The van der Waals surface area contributed by atoms with E-state index in [9.17, 15) is 9.18 Å². The van der Waals surface area contributed by atoms with Gasteiger partial charge < -0.3 is 15.4 Å². The third kappa shape index (κ3) is 4.51. The van der Waals surface area contributed by atoms with Crippen molar-refractivity contribution in [3.05, 3.63) is 91.2 Å². The van der Waals surface area contributed by atoms with Crippen LogP contribution in [0.25, 0.3) is 21.8 Å². The second-order valence-corrected chi connectivity index (χ2v) is 7.82. The van der Waals surface area contributed by atoms with E-state index in [1.54, 1.807) is 24.4 Å². The normalized spacial score (nSPS) is 10.9. The van der Waals surface area contributed by atoms with Gasteiger partial charge in [0.05, 0.1) is 36.6 Å². The number of carbonyl (C=O) groups is 1. The van der Waals surface area contributed by atoms with E-state index in [0.29, 0.717) is 34.7 Å². The molecule has 0 fully saturated rings. The molecule has 8 nitrogen and oxygen atoms in total. The Morgan fingerprint density at radius 3 is 2.86 bits per heavy atom. The van der Waals surface area contributed by atoms with E-state index in [1.165, 1.54) is 31.6 Å². The zero-order chi connectivity index (χ0) is 24.4. The second kappa shape index (κ2) is 9.22. The highest BCUT2D eigenvalue weighted by molar-refractivity contribution is 6.03. The highest BCUT2D eigenvalue weighted by atomic mass is 19.1. The highest BCUT2D eigenvalue weighted by Gasteiger charge is 2.13. The molecule has 0 saturated heterocycles. The number of carbonyl (C=O) groups excluding carboxylic acids is 1. The van der Waals surface area contributed by atoms with Gasteiger partial charge in [-0.1, -0.05) is 18.7 Å². The van der Waals surface area contributed by atoms with Crippen LogP contribution in [0.4, 0.5) is 21.6 Å². The lowest BCUT2D eigenvalue weighted by atomic mass is 10.1. The maximum absolute atomic E-state index is 13.5. The van der Waals surface area contributed by atoms with Crippen molar-refractivity contribution >= 4 is 44.9 Å². The fourth-order valence-electron chi connectivity index (χ4n) is 3.87. The second-order valence-electron chi connectivity index (χ2n) is 7.82. The van der Waals surface area contributed by atoms with Crippen LogP contribution in [0.5, 0.6) is 5.75 Å². The standard InChI is InChI=1S/C26H21FN6O2/c1-3-25(34)32-22-11-20-21(12-24(22)35-2)28-15-29-26(20)31-19-7-8-23-17(10-19)13-30-33(23)14-16-5-4-6-18(27)9-16/h3-13,15H,1,14H2,2H3,(H,32,34)(H,28,29,31). The predicted octanol–water partition coefficient (Wildman–Crippen LogP) is 5.04. The van der Waals surface area contributed by atoms with Gasteiger partial charge >= 0.3 is 0 Å². The predicted molar refractivity (Wildman–Crippen MR) is 133 cm³/mol. The molecule has 2 N–H and O–H groups in total. The van der Waals surface area contributed by atoms with Gasteiger partial charge in [0.25, 0.3) is 0 Å². The molecule has 2 aromatic heterocycles. The lowest BCUT2D eigenvalue weighted by Gasteiger charge is -2.13. The number of rotatable bonds is 7. The van der Waals surface area contributed by atoms with Crippen LogP contribution in [0.1, 0.15) is 5.56 Å². The number of halogens is 1. The topological polar surface area (TPSA) is 94.0 Å². The first-order chi connectivity index (χ1) is 17.0. The average Bonchev–Trinajstić information content (AvgIpc) is 3.25. The average molecular weight is 468 g/mol. The third-order valence-corrected chi connectivity index (χ3v) is 5.53. The van der Waals surface area contributed by atoms with Gasteiger partial charge in [-0.05, 0) is 48.0 Å². The number of benzene rings is 3. The molecule has 0 aliphatic rings. The Morgan fingerprint density at radius 2 is 2.06 bits per heavy atom. The van der Waals surface area contributed by atoms with Crippen LogP contribution in [0.15, 0.2) is 79.8 Å². The Balaban J connectivity index is 1.46. The monoisotopic (exact) mass is 468 g/mol. The number of aromatic nitrogens is 4. The van der Waals surface area contributed by atoms with Crippen molar-refractivity contribution in [3.63, 3.8) is 0 Å². The molecule has 5 aromatic rings. The van der Waals surface area contributed by atoms with Gasteiger partial charge in [-0.25, -0.2) is 14.4 Å². The van der Waals surface area contributed by atoms with Crippen molar-refractivity contribution in [2.75, 3.05) is 17.7 Å². The molecule has 35 heavy (non-hydrogen) atoms. The maximum Gasteiger partial charge on any atom is 0.247 e. The van der Waals surface area contributed by atoms with Crippen LogP contribution < -0.4 is 15.4 Å². The van der Waals surface area contributed by atoms with E-state index in [4.69, 9.17) is 4.74 Å². The molecular weight excluding hydrogens is 447 g/mol. The van der Waals surface area contributed by atoms with E-state index in [1.807, 2.05) is 28.9 Å². The number of nitrogens with zero attached hydrogens (tertiary/aromatic N) is 4. The van der Waals surface area contributed by atoms with Crippen molar-refractivity contribution in [3.8, 4) is 5.75 Å². The molecule has 174 valence electrons. The Bertz CT molecular complexity index is 1580. The highest BCUT2D eigenvalue weighted by Crippen LogP contribution is 2.33. The number of ether oxygens (including phenoxy) is 1. The summed E-state index contributed by atoms with van der Waals surface area (Å²) >= 11 is 0. The number of amides is 1. The molecular formula is C26H21FN6O2. The smallest absolute Gasteiger partial charge is 0.247 e. The zero-order valence-electron chi connectivity index (χ0n) is 18.8. The van der Waals surface area contributed by atoms with Crippen molar-refractivity contribution in [2.45, 2.75) is 6.54 Å². The molecule has 9 heteroatoms. The van der Waals surface area contributed by atoms with Gasteiger partial charge in [0.15, 0.2) is 0 Å². The number of nitrogens with one attached hydrogen (secondary N) is 2. The summed E-state index contributed by atoms with van der Waals surface area (Å²) in [6.45, 7) is 3.95. The van der Waals surface area contributed by atoms with Crippen LogP contribution in [0.2, 0.25) is 0 Å². The molecule has 2 heterocycles. The van der Waals surface area contributed by atoms with Crippen LogP contribution >= 0.6 is 0 Å². The van der Waals surface area contributed by atoms with Gasteiger partial charge in [0.1, 0.15) is 23.7 Å². The first kappa shape index (κ1) is 22.0. The van der Waals surface area contributed by atoms with Crippen LogP contribution in [-0.4, -0.2) is 32.8 Å². The van der Waals surface area contributed by atoms with E-state index in [0.717, 1.165) is 22.2 Å². The quantitative estimate of drug-likeness (QED) is 0.325. The molecule has 0 radical (unpaired) electrons. The molecule has 1 amide bonds. The minimum Gasteiger partial charge on any atom is -0.494 e. The summed E-state index contributed by atoms with van der Waals surface area (Å²) in [6, 6.07) is 15.8. The van der Waals surface area contributed by atoms with Gasteiger partial charge in [-0.2, -0.15) is 5.10 Å². The fourth-order valence-corrected chi connectivity index (χ4v) is 3.87. The van der Waals surface area contributed by atoms with E-state index < -0.39 is 0 Å². The van der Waals surface area contributed by atoms with Crippen molar-refractivity contribution in [1.82, 2.24) is 19.7 Å². The van der Waals surface area contributed by atoms with Crippen LogP contribution in [-0.2, 0) is 11.3 Å². The summed E-state index contributed by atoms with van der Waals surface area (Å²) in [5.41, 5.74) is 3.69. The molecule has 0 spiro atoms. The van der Waals surface area contributed by atoms with Gasteiger partial charge in [-0.3, -0.25) is 9.48 Å². The third-order valence-electron chi connectivity index (χ3n) is 5.53. The molecule has 3 aromatic carbocycles. The lowest BCUT2D eigenvalue weighted by molar-refractivity contribution is -0.111.